The van der Waals surface area contributed by atoms with E-state index in [4.69, 9.17) is 4.52 Å². The van der Waals surface area contributed by atoms with Gasteiger partial charge < -0.3 is 15.2 Å². The molecule has 1 aromatic heterocycles. The van der Waals surface area contributed by atoms with E-state index < -0.39 is 0 Å². The third-order valence-electron chi connectivity index (χ3n) is 2.40. The average Bonchev–Trinajstić information content (AvgIpc) is 2.89. The third kappa shape index (κ3) is 2.84. The van der Waals surface area contributed by atoms with E-state index in [9.17, 15) is 14.4 Å². The number of amides is 2. The first kappa shape index (κ1) is 13.3. The molecule has 2 amide bonds. The van der Waals surface area contributed by atoms with Crippen LogP contribution in [0.1, 0.15) is 20.9 Å². The number of Topliss-reactive ketones (excluding diaryl/α,β-unsaturated/α-hetero) is 1. The zero-order valence-electron chi connectivity index (χ0n) is 10.1. The van der Waals surface area contributed by atoms with Gasteiger partial charge in [-0.15, -0.1) is 11.8 Å². The summed E-state index contributed by atoms with van der Waals surface area (Å²) in [5.41, 5.74) is 0.189. The van der Waals surface area contributed by atoms with Crippen LogP contribution in [-0.2, 0) is 0 Å². The number of allylic oxidation sites excluding steroid dienone is 2. The highest BCUT2D eigenvalue weighted by Gasteiger charge is 2.29. The maximum absolute atomic E-state index is 12.0. The number of urea groups is 1. The number of aromatic nitrogens is 1. The summed E-state index contributed by atoms with van der Waals surface area (Å²) in [6.45, 7) is 0.389. The standard InChI is InChI=1S/C11H11N3O4S/c1-12-11(17)13-2-3-19-8-4-7(15)10-6(9(8)16)5-14-18-10/h4-5H,2-3H2,1H3,(H2,12,13,17). The predicted octanol–water partition coefficient (Wildman–Crippen LogP) is 0.600. The number of hydrogen-bond donors (Lipinski definition) is 2. The Morgan fingerprint density at radius 1 is 1.47 bits per heavy atom. The molecule has 0 fully saturated rings. The van der Waals surface area contributed by atoms with Gasteiger partial charge in [0.25, 0.3) is 0 Å². The van der Waals surface area contributed by atoms with E-state index >= 15 is 0 Å². The van der Waals surface area contributed by atoms with Crippen LogP contribution in [0.5, 0.6) is 0 Å². The Labute approximate surface area is 112 Å². The fourth-order valence-electron chi connectivity index (χ4n) is 1.48. The molecule has 2 N–H and O–H groups in total. The predicted molar refractivity (Wildman–Crippen MR) is 68.2 cm³/mol. The molecule has 0 atom stereocenters. The highest BCUT2D eigenvalue weighted by molar-refractivity contribution is 8.04. The normalized spacial score (nSPS) is 13.8. The van der Waals surface area contributed by atoms with E-state index in [-0.39, 0.29) is 28.9 Å². The van der Waals surface area contributed by atoms with Crippen molar-refractivity contribution >= 4 is 29.4 Å². The molecule has 0 bridgehead atoms. The number of hydrogen-bond acceptors (Lipinski definition) is 6. The molecule has 1 aliphatic carbocycles. The Morgan fingerprint density at radius 2 is 2.26 bits per heavy atom. The maximum atomic E-state index is 12.0. The number of nitrogens with zero attached hydrogens (tertiary/aromatic N) is 1. The molecule has 1 heterocycles. The molecule has 100 valence electrons. The highest BCUT2D eigenvalue weighted by atomic mass is 32.2. The molecule has 2 rings (SSSR count). The van der Waals surface area contributed by atoms with Crippen molar-refractivity contribution in [2.75, 3.05) is 19.3 Å². The summed E-state index contributed by atoms with van der Waals surface area (Å²) >= 11 is 1.21. The lowest BCUT2D eigenvalue weighted by Gasteiger charge is -2.09. The first-order chi connectivity index (χ1) is 9.13. The SMILES string of the molecule is CNC(=O)NCCSC1=CC(=O)c2oncc2C1=O. The quantitative estimate of drug-likeness (QED) is 0.784. The largest absolute Gasteiger partial charge is 0.352 e. The van der Waals surface area contributed by atoms with Gasteiger partial charge in [0.1, 0.15) is 0 Å². The fraction of sp³-hybridized carbons (Fsp3) is 0.273. The molecule has 0 saturated carbocycles. The number of carbonyl (C=O) groups is 3. The summed E-state index contributed by atoms with van der Waals surface area (Å²) in [6.07, 6.45) is 2.48. The van der Waals surface area contributed by atoms with Crippen LogP contribution in [0, 0.1) is 0 Å². The fourth-order valence-corrected chi connectivity index (χ4v) is 2.34. The van der Waals surface area contributed by atoms with Crippen molar-refractivity contribution in [3.05, 3.63) is 28.5 Å². The number of thioether (sulfide) groups is 1. The molecular weight excluding hydrogens is 270 g/mol. The van der Waals surface area contributed by atoms with Crippen LogP contribution in [-0.4, -0.2) is 42.1 Å². The van der Waals surface area contributed by atoms with Crippen LogP contribution >= 0.6 is 11.8 Å². The van der Waals surface area contributed by atoms with Crippen molar-refractivity contribution < 1.29 is 18.9 Å². The van der Waals surface area contributed by atoms with Crippen LogP contribution < -0.4 is 10.6 Å². The molecule has 1 aromatic rings. The summed E-state index contributed by atoms with van der Waals surface area (Å²) < 4.78 is 4.72. The Hall–Kier alpha value is -2.09. The van der Waals surface area contributed by atoms with Gasteiger partial charge in [-0.05, 0) is 0 Å². The smallest absolute Gasteiger partial charge is 0.314 e. The highest BCUT2D eigenvalue weighted by Crippen LogP contribution is 2.27. The van der Waals surface area contributed by atoms with E-state index in [1.54, 1.807) is 0 Å². The topological polar surface area (TPSA) is 101 Å². The number of fused-ring (bicyclic) bond motifs is 1. The van der Waals surface area contributed by atoms with Crippen molar-refractivity contribution in [1.29, 1.82) is 0 Å². The van der Waals surface area contributed by atoms with Gasteiger partial charge >= 0.3 is 6.03 Å². The van der Waals surface area contributed by atoms with Crippen LogP contribution in [0.3, 0.4) is 0 Å². The Kier molecular flexibility index (Phi) is 4.00. The number of ketones is 2. The molecule has 0 aliphatic heterocycles. The van der Waals surface area contributed by atoms with Gasteiger partial charge in [0, 0.05) is 25.4 Å². The van der Waals surface area contributed by atoms with Gasteiger partial charge in [-0.2, -0.15) is 0 Å². The van der Waals surface area contributed by atoms with Crippen molar-refractivity contribution in [3.63, 3.8) is 0 Å². The summed E-state index contributed by atoms with van der Waals surface area (Å²) in [6, 6.07) is -0.290. The number of nitrogens with one attached hydrogen (secondary N) is 2. The minimum atomic E-state index is -0.367. The first-order valence-corrected chi connectivity index (χ1v) is 6.46. The maximum Gasteiger partial charge on any atom is 0.314 e. The Balaban J connectivity index is 1.93. The van der Waals surface area contributed by atoms with Gasteiger partial charge in [0.15, 0.2) is 0 Å². The van der Waals surface area contributed by atoms with Gasteiger partial charge in [0.05, 0.1) is 16.7 Å². The van der Waals surface area contributed by atoms with E-state index in [2.05, 4.69) is 15.8 Å². The van der Waals surface area contributed by atoms with Crippen LogP contribution in [0.2, 0.25) is 0 Å². The lowest BCUT2D eigenvalue weighted by Crippen LogP contribution is -2.34. The molecule has 8 heteroatoms. The van der Waals surface area contributed by atoms with Gasteiger partial charge in [-0.25, -0.2) is 4.79 Å². The Morgan fingerprint density at radius 3 is 3.00 bits per heavy atom. The minimum Gasteiger partial charge on any atom is -0.352 e. The van der Waals surface area contributed by atoms with Crippen LogP contribution in [0.25, 0.3) is 0 Å². The van der Waals surface area contributed by atoms with Crippen molar-refractivity contribution in [1.82, 2.24) is 15.8 Å². The Bertz CT molecular complexity index is 564. The van der Waals surface area contributed by atoms with E-state index in [1.165, 1.54) is 31.1 Å². The van der Waals surface area contributed by atoms with Gasteiger partial charge in [0.2, 0.25) is 17.3 Å². The minimum absolute atomic E-state index is 0.0159. The van der Waals surface area contributed by atoms with E-state index in [1.807, 2.05) is 0 Å². The molecule has 0 aromatic carbocycles. The average molecular weight is 281 g/mol. The van der Waals surface area contributed by atoms with E-state index in [0.29, 0.717) is 17.2 Å². The number of rotatable bonds is 4. The summed E-state index contributed by atoms with van der Waals surface area (Å²) in [5, 5.41) is 8.45. The molecule has 0 spiro atoms. The third-order valence-corrected chi connectivity index (χ3v) is 3.42. The zero-order chi connectivity index (χ0) is 13.8. The monoisotopic (exact) mass is 281 g/mol. The van der Waals surface area contributed by atoms with Crippen molar-refractivity contribution in [2.24, 2.45) is 0 Å². The van der Waals surface area contributed by atoms with Crippen LogP contribution in [0.4, 0.5) is 4.79 Å². The van der Waals surface area contributed by atoms with Crippen molar-refractivity contribution in [2.45, 2.75) is 0 Å². The second-order valence-corrected chi connectivity index (χ2v) is 4.76. The lowest BCUT2D eigenvalue weighted by atomic mass is 10.0. The summed E-state index contributed by atoms with van der Waals surface area (Å²) in [5.74, 6) is -0.175. The zero-order valence-corrected chi connectivity index (χ0v) is 10.9. The van der Waals surface area contributed by atoms with Gasteiger partial charge in [-0.3, -0.25) is 9.59 Å². The molecule has 0 saturated heterocycles. The molecule has 1 aliphatic rings. The molecular formula is C11H11N3O4S. The first-order valence-electron chi connectivity index (χ1n) is 5.47. The molecule has 19 heavy (non-hydrogen) atoms. The molecule has 0 radical (unpaired) electrons. The van der Waals surface area contributed by atoms with Gasteiger partial charge in [-0.1, -0.05) is 5.16 Å². The van der Waals surface area contributed by atoms with E-state index in [0.717, 1.165) is 0 Å². The summed E-state index contributed by atoms with van der Waals surface area (Å²) in [7, 11) is 1.52. The second-order valence-electron chi connectivity index (χ2n) is 3.62. The van der Waals surface area contributed by atoms with Crippen molar-refractivity contribution in [3.8, 4) is 0 Å². The summed E-state index contributed by atoms with van der Waals surface area (Å²) in [4.78, 5) is 34.9. The van der Waals surface area contributed by atoms with Crippen LogP contribution in [0.15, 0.2) is 21.7 Å². The molecule has 7 nitrogen and oxygen atoms in total. The second kappa shape index (κ2) is 5.70. The lowest BCUT2D eigenvalue weighted by molar-refractivity contribution is 0.0967. The number of carbonyl (C=O) groups excluding carboxylic acids is 3. The molecule has 0 unspecified atom stereocenters.